The lowest BCUT2D eigenvalue weighted by Gasteiger charge is -2.10. The largest absolute Gasteiger partial charge is 0.357 e. The number of nitrogens with zero attached hydrogens (tertiary/aromatic N) is 1. The van der Waals surface area contributed by atoms with Crippen molar-refractivity contribution in [2.24, 2.45) is 4.99 Å². The first-order valence-corrected chi connectivity index (χ1v) is 7.60. The van der Waals surface area contributed by atoms with Gasteiger partial charge in [-0.25, -0.2) is 4.99 Å². The van der Waals surface area contributed by atoms with Crippen LogP contribution in [-0.2, 0) is 6.54 Å². The van der Waals surface area contributed by atoms with E-state index in [2.05, 4.69) is 27.9 Å². The van der Waals surface area contributed by atoms with Gasteiger partial charge in [0.15, 0.2) is 5.96 Å². The third-order valence-corrected chi connectivity index (χ3v) is 2.83. The number of hydrogen-bond donors (Lipinski definition) is 3. The van der Waals surface area contributed by atoms with Gasteiger partial charge in [0.2, 0.25) is 0 Å². The molecular formula is C16H26N4O. The van der Waals surface area contributed by atoms with Crippen molar-refractivity contribution < 1.29 is 4.79 Å². The molecule has 0 bridgehead atoms. The van der Waals surface area contributed by atoms with Crippen LogP contribution in [-0.4, -0.2) is 31.5 Å². The number of guanidine groups is 1. The predicted molar refractivity (Wildman–Crippen MR) is 87.6 cm³/mol. The normalized spacial score (nSPS) is 11.1. The smallest absolute Gasteiger partial charge is 0.251 e. The maximum absolute atomic E-state index is 11.8. The number of aliphatic imine (C=N–C) groups is 1. The van der Waals surface area contributed by atoms with E-state index >= 15 is 0 Å². The molecule has 0 aliphatic heterocycles. The highest BCUT2D eigenvalue weighted by Gasteiger charge is 2.04. The van der Waals surface area contributed by atoms with Crippen LogP contribution in [0.2, 0.25) is 0 Å². The van der Waals surface area contributed by atoms with E-state index < -0.39 is 0 Å². The zero-order valence-electron chi connectivity index (χ0n) is 13.2. The van der Waals surface area contributed by atoms with Crippen LogP contribution in [0, 0.1) is 0 Å². The van der Waals surface area contributed by atoms with Crippen molar-refractivity contribution in [3.63, 3.8) is 0 Å². The third kappa shape index (κ3) is 6.29. The van der Waals surface area contributed by atoms with Crippen molar-refractivity contribution in [1.82, 2.24) is 16.0 Å². The third-order valence-electron chi connectivity index (χ3n) is 2.83. The molecule has 5 heteroatoms. The minimum absolute atomic E-state index is 0.0423. The number of rotatable bonds is 7. The minimum atomic E-state index is -0.0423. The van der Waals surface area contributed by atoms with Crippen molar-refractivity contribution in [2.45, 2.75) is 33.7 Å². The Morgan fingerprint density at radius 1 is 1.10 bits per heavy atom. The molecule has 0 aliphatic rings. The monoisotopic (exact) mass is 290 g/mol. The Morgan fingerprint density at radius 2 is 1.86 bits per heavy atom. The molecule has 0 fully saturated rings. The number of nitrogens with one attached hydrogen (secondary N) is 3. The van der Waals surface area contributed by atoms with Gasteiger partial charge in [0.1, 0.15) is 0 Å². The molecular weight excluding hydrogens is 264 g/mol. The Labute approximate surface area is 127 Å². The van der Waals surface area contributed by atoms with E-state index in [1.807, 2.05) is 38.1 Å². The van der Waals surface area contributed by atoms with Crippen LogP contribution in [0.5, 0.6) is 0 Å². The summed E-state index contributed by atoms with van der Waals surface area (Å²) in [5, 5.41) is 9.27. The van der Waals surface area contributed by atoms with E-state index in [-0.39, 0.29) is 5.91 Å². The summed E-state index contributed by atoms with van der Waals surface area (Å²) in [6.45, 7) is 8.97. The van der Waals surface area contributed by atoms with Crippen molar-refractivity contribution in [3.8, 4) is 0 Å². The van der Waals surface area contributed by atoms with Crippen LogP contribution in [0.4, 0.5) is 0 Å². The van der Waals surface area contributed by atoms with Gasteiger partial charge < -0.3 is 16.0 Å². The number of carbonyl (C=O) groups excluding carboxylic acids is 1. The van der Waals surface area contributed by atoms with Gasteiger partial charge in [-0.3, -0.25) is 4.79 Å². The zero-order valence-corrected chi connectivity index (χ0v) is 13.2. The van der Waals surface area contributed by atoms with Crippen molar-refractivity contribution in [3.05, 3.63) is 35.4 Å². The minimum Gasteiger partial charge on any atom is -0.357 e. The standard InChI is InChI=1S/C16H26N4O/c1-4-10-19-16(18-6-3)20-12-13-8-7-9-14(11-13)15(21)17-5-2/h7-9,11H,4-6,10,12H2,1-3H3,(H,17,21)(H2,18,19,20). The van der Waals surface area contributed by atoms with Gasteiger partial charge in [0.05, 0.1) is 6.54 Å². The highest BCUT2D eigenvalue weighted by molar-refractivity contribution is 5.94. The molecule has 0 radical (unpaired) electrons. The van der Waals surface area contributed by atoms with Gasteiger partial charge in [0, 0.05) is 25.2 Å². The first-order valence-electron chi connectivity index (χ1n) is 7.60. The van der Waals surface area contributed by atoms with Crippen LogP contribution in [0.3, 0.4) is 0 Å². The highest BCUT2D eigenvalue weighted by Crippen LogP contribution is 2.06. The Bertz CT molecular complexity index is 471. The quantitative estimate of drug-likeness (QED) is 0.531. The summed E-state index contributed by atoms with van der Waals surface area (Å²) >= 11 is 0. The molecule has 1 aromatic carbocycles. The Morgan fingerprint density at radius 3 is 2.52 bits per heavy atom. The van der Waals surface area contributed by atoms with Gasteiger partial charge in [-0.05, 0) is 38.0 Å². The molecule has 0 heterocycles. The lowest BCUT2D eigenvalue weighted by atomic mass is 10.1. The van der Waals surface area contributed by atoms with E-state index in [4.69, 9.17) is 0 Å². The molecule has 0 saturated carbocycles. The fraction of sp³-hybridized carbons (Fsp3) is 0.500. The second-order valence-electron chi connectivity index (χ2n) is 4.68. The van der Waals surface area contributed by atoms with Crippen LogP contribution >= 0.6 is 0 Å². The fourth-order valence-corrected chi connectivity index (χ4v) is 1.83. The van der Waals surface area contributed by atoms with Gasteiger partial charge in [-0.2, -0.15) is 0 Å². The number of amides is 1. The van der Waals surface area contributed by atoms with E-state index in [0.29, 0.717) is 18.7 Å². The molecule has 0 saturated heterocycles. The molecule has 21 heavy (non-hydrogen) atoms. The summed E-state index contributed by atoms with van der Waals surface area (Å²) in [5.41, 5.74) is 1.70. The predicted octanol–water partition coefficient (Wildman–Crippen LogP) is 1.90. The van der Waals surface area contributed by atoms with Crippen LogP contribution < -0.4 is 16.0 Å². The molecule has 0 aliphatic carbocycles. The molecule has 1 amide bonds. The Hall–Kier alpha value is -2.04. The fourth-order valence-electron chi connectivity index (χ4n) is 1.83. The SMILES string of the molecule is CCCNC(=NCc1cccc(C(=O)NCC)c1)NCC. The summed E-state index contributed by atoms with van der Waals surface area (Å²) < 4.78 is 0. The summed E-state index contributed by atoms with van der Waals surface area (Å²) in [4.78, 5) is 16.3. The molecule has 0 unspecified atom stereocenters. The molecule has 1 rings (SSSR count). The lowest BCUT2D eigenvalue weighted by molar-refractivity contribution is 0.0955. The lowest BCUT2D eigenvalue weighted by Crippen LogP contribution is -2.37. The average molecular weight is 290 g/mol. The Kier molecular flexibility index (Phi) is 7.94. The first kappa shape index (κ1) is 17.0. The Balaban J connectivity index is 2.72. The summed E-state index contributed by atoms with van der Waals surface area (Å²) in [7, 11) is 0. The molecule has 0 spiro atoms. The summed E-state index contributed by atoms with van der Waals surface area (Å²) in [6.07, 6.45) is 1.05. The van der Waals surface area contributed by atoms with Crippen molar-refractivity contribution in [1.29, 1.82) is 0 Å². The topological polar surface area (TPSA) is 65.5 Å². The first-order chi connectivity index (χ1) is 10.2. The van der Waals surface area contributed by atoms with E-state index in [1.54, 1.807) is 0 Å². The van der Waals surface area contributed by atoms with Gasteiger partial charge in [-0.15, -0.1) is 0 Å². The van der Waals surface area contributed by atoms with Crippen molar-refractivity contribution in [2.75, 3.05) is 19.6 Å². The van der Waals surface area contributed by atoms with E-state index in [1.165, 1.54) is 0 Å². The zero-order chi connectivity index (χ0) is 15.5. The number of benzene rings is 1. The molecule has 3 N–H and O–H groups in total. The van der Waals surface area contributed by atoms with Crippen molar-refractivity contribution >= 4 is 11.9 Å². The maximum atomic E-state index is 11.8. The highest BCUT2D eigenvalue weighted by atomic mass is 16.1. The van der Waals surface area contributed by atoms with Crippen LogP contribution in [0.25, 0.3) is 0 Å². The van der Waals surface area contributed by atoms with Gasteiger partial charge in [-0.1, -0.05) is 19.1 Å². The molecule has 0 atom stereocenters. The summed E-state index contributed by atoms with van der Waals surface area (Å²) in [6, 6.07) is 7.58. The molecule has 0 aromatic heterocycles. The molecule has 5 nitrogen and oxygen atoms in total. The van der Waals surface area contributed by atoms with Crippen LogP contribution in [0.15, 0.2) is 29.3 Å². The van der Waals surface area contributed by atoms with E-state index in [0.717, 1.165) is 31.0 Å². The molecule has 1 aromatic rings. The second-order valence-corrected chi connectivity index (χ2v) is 4.68. The van der Waals surface area contributed by atoms with Gasteiger partial charge >= 0.3 is 0 Å². The van der Waals surface area contributed by atoms with Gasteiger partial charge in [0.25, 0.3) is 5.91 Å². The number of hydrogen-bond acceptors (Lipinski definition) is 2. The van der Waals surface area contributed by atoms with Crippen LogP contribution in [0.1, 0.15) is 43.1 Å². The number of carbonyl (C=O) groups is 1. The maximum Gasteiger partial charge on any atom is 0.251 e. The molecule has 116 valence electrons. The second kappa shape index (κ2) is 9.80. The summed E-state index contributed by atoms with van der Waals surface area (Å²) in [5.74, 6) is 0.766. The average Bonchev–Trinajstić information content (AvgIpc) is 2.50. The van der Waals surface area contributed by atoms with E-state index in [9.17, 15) is 4.79 Å².